The molecule has 0 spiro atoms. The van der Waals surface area contributed by atoms with Gasteiger partial charge in [-0.3, -0.25) is 0 Å². The van der Waals surface area contributed by atoms with Crippen molar-refractivity contribution in [2.45, 2.75) is 13.1 Å². The molecule has 0 saturated carbocycles. The van der Waals surface area contributed by atoms with E-state index in [1.54, 1.807) is 0 Å². The molecule has 7 aromatic carbocycles. The largest absolute Gasteiger partial charge is 0.311 e. The van der Waals surface area contributed by atoms with Crippen LogP contribution in [0.1, 0.15) is 0 Å². The van der Waals surface area contributed by atoms with Crippen LogP contribution in [0.15, 0.2) is 200 Å². The van der Waals surface area contributed by atoms with Crippen molar-refractivity contribution >= 4 is 64.3 Å². The van der Waals surface area contributed by atoms with Gasteiger partial charge in [0.05, 0.1) is 0 Å². The summed E-state index contributed by atoms with van der Waals surface area (Å²) < 4.78 is 0. The molecule has 0 radical (unpaired) electrons. The first kappa shape index (κ1) is 30.4. The van der Waals surface area contributed by atoms with Crippen LogP contribution >= 0.6 is 0 Å². The lowest BCUT2D eigenvalue weighted by atomic mass is 10.2. The van der Waals surface area contributed by atoms with E-state index in [2.05, 4.69) is 218 Å². The second kappa shape index (κ2) is 13.2. The van der Waals surface area contributed by atoms with Crippen LogP contribution in [-0.4, -0.2) is 16.1 Å². The molecule has 0 fully saturated rings. The maximum Gasteiger partial charge on any atom is 0.145 e. The zero-order valence-electron chi connectivity index (χ0n) is 27.0. The van der Waals surface area contributed by atoms with Gasteiger partial charge in [-0.25, -0.2) is 0 Å². The average Bonchev–Trinajstić information content (AvgIpc) is 3.17. The van der Waals surface area contributed by atoms with Crippen LogP contribution in [0.2, 0.25) is 13.1 Å². The number of para-hydroxylation sites is 1. The smallest absolute Gasteiger partial charge is 0.145 e. The highest BCUT2D eigenvalue weighted by Crippen LogP contribution is 2.33. The highest BCUT2D eigenvalue weighted by Gasteiger charge is 2.35. The predicted octanol–water partition coefficient (Wildman–Crippen LogP) is 7.36. The molecular formula is C44H39NSi2. The standard InChI is InChI=1S/C44H39NSi2/c1-46(39-20-10-4-11-21-39,40-22-12-5-13-23-40)43-32-28-37(29-33-43)45(36-18-8-3-9-19-36)38-30-34-44(35-31-38)47(2,41-24-14-6-15-25-41)42-26-16-7-17-27-42/h3-35H,1-2H3. The van der Waals surface area contributed by atoms with Crippen molar-refractivity contribution < 1.29 is 0 Å². The predicted molar refractivity (Wildman–Crippen MR) is 208 cm³/mol. The van der Waals surface area contributed by atoms with Gasteiger partial charge in [-0.1, -0.05) is 177 Å². The molecule has 0 heterocycles. The minimum absolute atomic E-state index is 1.14. The van der Waals surface area contributed by atoms with E-state index in [1.165, 1.54) is 31.1 Å². The van der Waals surface area contributed by atoms with E-state index in [0.717, 1.165) is 17.1 Å². The Morgan fingerprint density at radius 2 is 0.468 bits per heavy atom. The lowest BCUT2D eigenvalue weighted by Crippen LogP contribution is -2.64. The fourth-order valence-corrected chi connectivity index (χ4v) is 14.1. The average molecular weight is 638 g/mol. The topological polar surface area (TPSA) is 3.24 Å². The second-order valence-corrected chi connectivity index (χ2v) is 20.4. The fraction of sp³-hybridized carbons (Fsp3) is 0.0455. The zero-order chi connectivity index (χ0) is 32.1. The Morgan fingerprint density at radius 3 is 0.745 bits per heavy atom. The Kier molecular flexibility index (Phi) is 8.58. The van der Waals surface area contributed by atoms with E-state index >= 15 is 0 Å². The lowest BCUT2D eigenvalue weighted by Gasteiger charge is -2.32. The number of rotatable bonds is 9. The number of hydrogen-bond acceptors (Lipinski definition) is 1. The van der Waals surface area contributed by atoms with Crippen LogP contribution in [0.5, 0.6) is 0 Å². The Bertz CT molecular complexity index is 1800. The number of hydrogen-bond donors (Lipinski definition) is 0. The monoisotopic (exact) mass is 637 g/mol. The lowest BCUT2D eigenvalue weighted by molar-refractivity contribution is 1.29. The van der Waals surface area contributed by atoms with Gasteiger partial charge in [-0.05, 0) is 67.5 Å². The second-order valence-electron chi connectivity index (χ2n) is 12.5. The summed E-state index contributed by atoms with van der Waals surface area (Å²) in [6.07, 6.45) is 0. The minimum Gasteiger partial charge on any atom is -0.311 e. The highest BCUT2D eigenvalue weighted by atomic mass is 28.3. The molecule has 0 aromatic heterocycles. The third-order valence-corrected chi connectivity index (χ3v) is 18.8. The molecule has 0 aliphatic carbocycles. The van der Waals surface area contributed by atoms with Crippen LogP contribution in [0, 0.1) is 0 Å². The molecule has 0 aliphatic heterocycles. The van der Waals surface area contributed by atoms with Gasteiger partial charge in [0.2, 0.25) is 0 Å². The van der Waals surface area contributed by atoms with Crippen molar-refractivity contribution in [1.82, 2.24) is 0 Å². The fourth-order valence-electron chi connectivity index (χ4n) is 7.00. The van der Waals surface area contributed by atoms with Crippen molar-refractivity contribution in [3.63, 3.8) is 0 Å². The van der Waals surface area contributed by atoms with Crippen LogP contribution in [0.4, 0.5) is 17.1 Å². The summed E-state index contributed by atoms with van der Waals surface area (Å²) in [4.78, 5) is 2.38. The first-order chi connectivity index (χ1) is 23.1. The third kappa shape index (κ3) is 5.80. The van der Waals surface area contributed by atoms with Gasteiger partial charge in [-0.15, -0.1) is 0 Å². The van der Waals surface area contributed by atoms with Crippen LogP contribution < -0.4 is 36.0 Å². The third-order valence-electron chi connectivity index (χ3n) is 9.82. The van der Waals surface area contributed by atoms with E-state index in [-0.39, 0.29) is 0 Å². The van der Waals surface area contributed by atoms with Gasteiger partial charge in [0.15, 0.2) is 0 Å². The van der Waals surface area contributed by atoms with Crippen molar-refractivity contribution in [1.29, 1.82) is 0 Å². The normalized spacial score (nSPS) is 11.6. The molecular weight excluding hydrogens is 599 g/mol. The van der Waals surface area contributed by atoms with Crippen LogP contribution in [-0.2, 0) is 0 Å². The van der Waals surface area contributed by atoms with Crippen LogP contribution in [0.3, 0.4) is 0 Å². The summed E-state index contributed by atoms with van der Waals surface area (Å²) in [5.41, 5.74) is 3.44. The van der Waals surface area contributed by atoms with Crippen molar-refractivity contribution in [2.75, 3.05) is 4.90 Å². The van der Waals surface area contributed by atoms with E-state index in [1.807, 2.05) is 0 Å². The van der Waals surface area contributed by atoms with Gasteiger partial charge >= 0.3 is 0 Å². The summed E-state index contributed by atoms with van der Waals surface area (Å²) in [5, 5.41) is 8.46. The van der Waals surface area contributed by atoms with E-state index in [0.29, 0.717) is 0 Å². The summed E-state index contributed by atoms with van der Waals surface area (Å²) >= 11 is 0. The Hall–Kier alpha value is -5.23. The summed E-state index contributed by atoms with van der Waals surface area (Å²) in [6.45, 7) is 4.95. The number of benzene rings is 7. The summed E-state index contributed by atoms with van der Waals surface area (Å²) in [6, 6.07) is 73.6. The highest BCUT2D eigenvalue weighted by molar-refractivity contribution is 7.11. The SMILES string of the molecule is C[Si](c1ccccc1)(c1ccccc1)c1ccc(N(c2ccccc2)c2ccc([Si](C)(c3ccccc3)c3ccccc3)cc2)cc1. The first-order valence-electron chi connectivity index (χ1n) is 16.4. The molecule has 0 unspecified atom stereocenters. The van der Waals surface area contributed by atoms with Gasteiger partial charge in [0, 0.05) is 17.1 Å². The van der Waals surface area contributed by atoms with Gasteiger partial charge in [0.1, 0.15) is 16.1 Å². The molecule has 47 heavy (non-hydrogen) atoms. The Morgan fingerprint density at radius 1 is 0.255 bits per heavy atom. The van der Waals surface area contributed by atoms with E-state index in [9.17, 15) is 0 Å². The Labute approximate surface area is 281 Å². The quantitative estimate of drug-likeness (QED) is 0.118. The molecule has 0 aliphatic rings. The molecule has 228 valence electrons. The van der Waals surface area contributed by atoms with Crippen LogP contribution in [0.25, 0.3) is 0 Å². The molecule has 7 aromatic rings. The molecule has 0 atom stereocenters. The number of nitrogens with zero attached hydrogens (tertiary/aromatic N) is 1. The van der Waals surface area contributed by atoms with Crippen molar-refractivity contribution in [3.05, 3.63) is 200 Å². The minimum atomic E-state index is -2.20. The molecule has 3 heteroatoms. The van der Waals surface area contributed by atoms with E-state index in [4.69, 9.17) is 0 Å². The van der Waals surface area contributed by atoms with Crippen molar-refractivity contribution in [3.8, 4) is 0 Å². The molecule has 1 nitrogen and oxygen atoms in total. The van der Waals surface area contributed by atoms with Gasteiger partial charge in [-0.2, -0.15) is 0 Å². The van der Waals surface area contributed by atoms with Gasteiger partial charge in [0.25, 0.3) is 0 Å². The number of anilines is 3. The molecule has 0 amide bonds. The molecule has 0 bridgehead atoms. The van der Waals surface area contributed by atoms with Crippen molar-refractivity contribution in [2.24, 2.45) is 0 Å². The maximum atomic E-state index is 2.47. The van der Waals surface area contributed by atoms with E-state index < -0.39 is 16.1 Å². The molecule has 0 N–H and O–H groups in total. The Balaban J connectivity index is 1.30. The van der Waals surface area contributed by atoms with Gasteiger partial charge < -0.3 is 4.90 Å². The molecule has 7 rings (SSSR count). The molecule has 0 saturated heterocycles. The zero-order valence-corrected chi connectivity index (χ0v) is 29.0. The summed E-state index contributed by atoms with van der Waals surface area (Å²) in [5.74, 6) is 0. The maximum absolute atomic E-state index is 2.47. The summed E-state index contributed by atoms with van der Waals surface area (Å²) in [7, 11) is -4.40. The first-order valence-corrected chi connectivity index (χ1v) is 21.4.